The summed E-state index contributed by atoms with van der Waals surface area (Å²) in [6, 6.07) is 0.554. The molecule has 1 saturated heterocycles. The van der Waals surface area contributed by atoms with Crippen molar-refractivity contribution >= 4 is 5.84 Å². The van der Waals surface area contributed by atoms with Crippen LogP contribution in [0.5, 0.6) is 0 Å². The molecule has 1 fully saturated rings. The maximum atomic E-state index is 6.63. The predicted molar refractivity (Wildman–Crippen MR) is 56.2 cm³/mol. The van der Waals surface area contributed by atoms with Gasteiger partial charge in [0.15, 0.2) is 0 Å². The molecule has 0 aromatic rings. The maximum Gasteiger partial charge on any atom is 0.128 e. The fourth-order valence-electron chi connectivity index (χ4n) is 1.86. The van der Waals surface area contributed by atoms with Gasteiger partial charge in [0.1, 0.15) is 5.84 Å². The van der Waals surface area contributed by atoms with Crippen LogP contribution in [0.3, 0.4) is 0 Å². The van der Waals surface area contributed by atoms with Gasteiger partial charge in [0.25, 0.3) is 0 Å². The molecule has 1 aliphatic heterocycles. The van der Waals surface area contributed by atoms with E-state index in [0.717, 1.165) is 25.9 Å². The molecule has 0 bridgehead atoms. The molecule has 5 heteroatoms. The van der Waals surface area contributed by atoms with E-state index in [1.165, 1.54) is 0 Å². The average Bonchev–Trinajstić information content (AvgIpc) is 2.18. The molecule has 0 aliphatic carbocycles. The third kappa shape index (κ3) is 2.77. The number of piperidine rings is 1. The lowest BCUT2D eigenvalue weighted by atomic mass is 9.96. The van der Waals surface area contributed by atoms with Crippen molar-refractivity contribution in [2.75, 3.05) is 13.1 Å². The molecule has 0 aromatic carbocycles. The van der Waals surface area contributed by atoms with Gasteiger partial charge in [0, 0.05) is 18.5 Å². The van der Waals surface area contributed by atoms with Crippen LogP contribution in [-0.2, 0) is 0 Å². The molecular weight excluding hydrogens is 178 g/mol. The van der Waals surface area contributed by atoms with Crippen molar-refractivity contribution in [3.05, 3.63) is 0 Å². The zero-order valence-electron chi connectivity index (χ0n) is 8.90. The van der Waals surface area contributed by atoms with E-state index in [2.05, 4.69) is 29.1 Å². The van der Waals surface area contributed by atoms with E-state index in [4.69, 9.17) is 11.3 Å². The van der Waals surface area contributed by atoms with E-state index in [0.29, 0.717) is 11.9 Å². The summed E-state index contributed by atoms with van der Waals surface area (Å²) < 4.78 is 0. The van der Waals surface area contributed by atoms with E-state index in [9.17, 15) is 0 Å². The highest BCUT2D eigenvalue weighted by Crippen LogP contribution is 2.18. The number of nitrogens with two attached hydrogens (primary N) is 1. The van der Waals surface area contributed by atoms with Crippen LogP contribution in [0.4, 0.5) is 0 Å². The molecule has 1 heterocycles. The number of nitrogens with zero attached hydrogens (tertiary/aromatic N) is 3. The van der Waals surface area contributed by atoms with Crippen molar-refractivity contribution in [3.63, 3.8) is 0 Å². The number of hydrogen-bond donors (Lipinski definition) is 2. The van der Waals surface area contributed by atoms with Gasteiger partial charge in [-0.15, -0.1) is 5.10 Å². The topological polar surface area (TPSA) is 77.8 Å². The summed E-state index contributed by atoms with van der Waals surface area (Å²) in [5.74, 6) is 0.783. The molecule has 0 spiro atoms. The first kappa shape index (κ1) is 11.1. The Balaban J connectivity index is 2.55. The first-order chi connectivity index (χ1) is 6.65. The normalized spacial score (nSPS) is 25.4. The van der Waals surface area contributed by atoms with E-state index in [1.54, 1.807) is 0 Å². The summed E-state index contributed by atoms with van der Waals surface area (Å²) >= 11 is 0. The molecule has 14 heavy (non-hydrogen) atoms. The fourth-order valence-corrected chi connectivity index (χ4v) is 1.86. The van der Waals surface area contributed by atoms with Crippen LogP contribution in [0.15, 0.2) is 10.3 Å². The van der Waals surface area contributed by atoms with Crippen LogP contribution >= 0.6 is 0 Å². The molecule has 1 rings (SSSR count). The molecular formula is C9H19N5. The van der Waals surface area contributed by atoms with E-state index in [-0.39, 0.29) is 5.92 Å². The Morgan fingerprint density at radius 3 is 2.86 bits per heavy atom. The third-order valence-electron chi connectivity index (χ3n) is 2.77. The Kier molecular flexibility index (Phi) is 4.00. The van der Waals surface area contributed by atoms with Gasteiger partial charge in [-0.05, 0) is 33.2 Å². The van der Waals surface area contributed by atoms with E-state index >= 15 is 0 Å². The summed E-state index contributed by atoms with van der Waals surface area (Å²) in [6.07, 6.45) is 2.21. The number of likely N-dealkylation sites (tertiary alicyclic amines) is 1. The van der Waals surface area contributed by atoms with Gasteiger partial charge in [0.2, 0.25) is 0 Å². The van der Waals surface area contributed by atoms with Gasteiger partial charge in [-0.3, -0.25) is 0 Å². The van der Waals surface area contributed by atoms with Crippen LogP contribution < -0.4 is 5.73 Å². The van der Waals surface area contributed by atoms with Gasteiger partial charge in [0.05, 0.1) is 0 Å². The largest absolute Gasteiger partial charge is 0.385 e. The van der Waals surface area contributed by atoms with Crippen LogP contribution in [0.25, 0.3) is 0 Å². The molecule has 0 saturated carbocycles. The molecule has 5 nitrogen and oxygen atoms in total. The van der Waals surface area contributed by atoms with Gasteiger partial charge in [-0.2, -0.15) is 5.53 Å². The Labute approximate surface area is 84.9 Å². The fraction of sp³-hybridized carbons (Fsp3) is 0.889. The minimum atomic E-state index is 0.278. The zero-order valence-corrected chi connectivity index (χ0v) is 8.90. The minimum Gasteiger partial charge on any atom is -0.385 e. The molecule has 1 aliphatic rings. The first-order valence-corrected chi connectivity index (χ1v) is 5.09. The van der Waals surface area contributed by atoms with Crippen molar-refractivity contribution in [1.82, 2.24) is 4.90 Å². The second-order valence-corrected chi connectivity index (χ2v) is 4.05. The molecule has 0 aromatic heterocycles. The van der Waals surface area contributed by atoms with Crippen LogP contribution in [0.2, 0.25) is 0 Å². The zero-order chi connectivity index (χ0) is 10.6. The average molecular weight is 197 g/mol. The Morgan fingerprint density at radius 2 is 2.29 bits per heavy atom. The van der Waals surface area contributed by atoms with Crippen molar-refractivity contribution in [3.8, 4) is 0 Å². The lowest BCUT2D eigenvalue weighted by molar-refractivity contribution is 0.164. The van der Waals surface area contributed by atoms with Gasteiger partial charge in [-0.25, -0.2) is 0 Å². The lowest BCUT2D eigenvalue weighted by Gasteiger charge is -2.34. The van der Waals surface area contributed by atoms with E-state index < -0.39 is 0 Å². The predicted octanol–water partition coefficient (Wildman–Crippen LogP) is 1.41. The third-order valence-corrected chi connectivity index (χ3v) is 2.77. The maximum absolute atomic E-state index is 6.63. The summed E-state index contributed by atoms with van der Waals surface area (Å²) in [5.41, 5.74) is 12.4. The molecule has 0 amide bonds. The SMILES string of the molecule is CC(C)N1CCCC(C(N)=NN=N)C1. The molecule has 3 N–H and O–H groups in total. The Hall–Kier alpha value is -0.970. The van der Waals surface area contributed by atoms with Gasteiger partial charge < -0.3 is 10.6 Å². The first-order valence-electron chi connectivity index (χ1n) is 5.09. The Morgan fingerprint density at radius 1 is 1.57 bits per heavy atom. The van der Waals surface area contributed by atoms with Crippen molar-refractivity contribution < 1.29 is 0 Å². The standard InChI is InChI=1S/C9H19N5/c1-7(2)14-5-3-4-8(6-14)9(10)12-13-11/h7-8H,3-6H2,1-2H3,(H3,10,11,12). The Bertz CT molecular complexity index is 223. The van der Waals surface area contributed by atoms with Gasteiger partial charge in [-0.1, -0.05) is 5.22 Å². The molecule has 0 radical (unpaired) electrons. The number of hydrogen-bond acceptors (Lipinski definition) is 3. The van der Waals surface area contributed by atoms with Crippen LogP contribution in [0, 0.1) is 11.4 Å². The highest BCUT2D eigenvalue weighted by atomic mass is 15.3. The van der Waals surface area contributed by atoms with Crippen molar-refractivity contribution in [2.24, 2.45) is 22.0 Å². The van der Waals surface area contributed by atoms with Crippen molar-refractivity contribution in [2.45, 2.75) is 32.7 Å². The molecule has 1 unspecified atom stereocenters. The van der Waals surface area contributed by atoms with E-state index in [1.807, 2.05) is 0 Å². The number of amidine groups is 1. The molecule has 1 atom stereocenters. The summed E-state index contributed by atoms with van der Waals surface area (Å²) in [7, 11) is 0. The summed E-state index contributed by atoms with van der Waals surface area (Å²) in [5, 5.41) is 6.58. The monoisotopic (exact) mass is 197 g/mol. The highest BCUT2D eigenvalue weighted by molar-refractivity contribution is 5.82. The van der Waals surface area contributed by atoms with Crippen molar-refractivity contribution in [1.29, 1.82) is 5.53 Å². The van der Waals surface area contributed by atoms with Crippen LogP contribution in [-0.4, -0.2) is 29.9 Å². The summed E-state index contributed by atoms with van der Waals surface area (Å²) in [4.78, 5) is 2.39. The number of nitrogens with one attached hydrogen (secondary N) is 1. The second kappa shape index (κ2) is 5.05. The molecule has 80 valence electrons. The number of rotatable bonds is 3. The minimum absolute atomic E-state index is 0.278. The lowest BCUT2D eigenvalue weighted by Crippen LogP contribution is -2.44. The summed E-state index contributed by atoms with van der Waals surface area (Å²) in [6.45, 7) is 6.46. The van der Waals surface area contributed by atoms with Crippen LogP contribution in [0.1, 0.15) is 26.7 Å². The van der Waals surface area contributed by atoms with Gasteiger partial charge >= 0.3 is 0 Å². The second-order valence-electron chi connectivity index (χ2n) is 4.05. The smallest absolute Gasteiger partial charge is 0.128 e. The quantitative estimate of drug-likeness (QED) is 0.310. The highest BCUT2D eigenvalue weighted by Gasteiger charge is 2.24.